The van der Waals surface area contributed by atoms with Gasteiger partial charge in [-0.2, -0.15) is 0 Å². The largest absolute Gasteiger partial charge is 0.726 e. The van der Waals surface area contributed by atoms with Crippen LogP contribution in [0.5, 0.6) is 0 Å². The normalized spacial score (nSPS) is 21.5. The lowest BCUT2D eigenvalue weighted by molar-refractivity contribution is -0.929. The zero-order chi connectivity index (χ0) is 29.8. The van der Waals surface area contributed by atoms with Crippen molar-refractivity contribution in [1.82, 2.24) is 19.5 Å². The number of aliphatic hydroxyl groups is 2. The molecular weight excluding hydrogens is 542 g/mol. The molecule has 1 saturated heterocycles. The van der Waals surface area contributed by atoms with Gasteiger partial charge >= 0.3 is 0 Å². The fourth-order valence-electron chi connectivity index (χ4n) is 4.94. The van der Waals surface area contributed by atoms with Gasteiger partial charge in [0.05, 0.1) is 45.4 Å². The molecule has 0 aliphatic carbocycles. The molecular formula is C26H47N5O8S. The summed E-state index contributed by atoms with van der Waals surface area (Å²) in [5.74, 6) is 0. The number of hydrogen-bond donors (Lipinski definition) is 3. The first-order valence-electron chi connectivity index (χ1n) is 14.4. The van der Waals surface area contributed by atoms with Gasteiger partial charge in [0.15, 0.2) is 17.4 Å². The predicted molar refractivity (Wildman–Crippen MR) is 149 cm³/mol. The van der Waals surface area contributed by atoms with Crippen LogP contribution in [0.25, 0.3) is 11.2 Å². The minimum absolute atomic E-state index is 0.000347. The number of aromatic nitrogens is 4. The summed E-state index contributed by atoms with van der Waals surface area (Å²) in [5.41, 5.74) is -0.401. The molecule has 1 aliphatic rings. The van der Waals surface area contributed by atoms with Gasteiger partial charge in [-0.1, -0.05) is 53.4 Å². The van der Waals surface area contributed by atoms with Crippen molar-refractivity contribution in [2.45, 2.75) is 104 Å². The molecule has 14 heteroatoms. The lowest BCUT2D eigenvalue weighted by Gasteiger charge is -2.39. The first-order valence-corrected chi connectivity index (χ1v) is 15.7. The lowest BCUT2D eigenvalue weighted by Crippen LogP contribution is -2.50. The van der Waals surface area contributed by atoms with Crippen LogP contribution in [-0.4, -0.2) is 98.3 Å². The van der Waals surface area contributed by atoms with E-state index in [-0.39, 0.29) is 11.2 Å². The number of aliphatic hydroxyl groups excluding tert-OH is 2. The SMILES string of the molecule is CCCC[N+](CCCC)(CCCC)CCCC.O=c1[nH]cnc2c1ncn2[C@@H]1O[C@H](COS(=O)(=O)[O-])[C@@H](O)[C@H]1O. The number of H-pyrrole nitrogens is 1. The van der Waals surface area contributed by atoms with Crippen molar-refractivity contribution >= 4 is 21.6 Å². The van der Waals surface area contributed by atoms with Crippen LogP contribution in [0.3, 0.4) is 0 Å². The summed E-state index contributed by atoms with van der Waals surface area (Å²) in [4.78, 5) is 21.7. The van der Waals surface area contributed by atoms with E-state index < -0.39 is 47.1 Å². The molecule has 0 radical (unpaired) electrons. The average molecular weight is 590 g/mol. The topological polar surface area (TPSA) is 180 Å². The Morgan fingerprint density at radius 1 is 0.975 bits per heavy atom. The lowest BCUT2D eigenvalue weighted by atomic mass is 10.1. The average Bonchev–Trinajstić information content (AvgIpc) is 3.48. The van der Waals surface area contributed by atoms with Crippen molar-refractivity contribution in [3.8, 4) is 0 Å². The number of quaternary nitrogens is 1. The van der Waals surface area contributed by atoms with Crippen LogP contribution in [-0.2, 0) is 19.3 Å². The van der Waals surface area contributed by atoms with E-state index >= 15 is 0 Å². The zero-order valence-electron chi connectivity index (χ0n) is 24.2. The van der Waals surface area contributed by atoms with E-state index in [1.54, 1.807) is 0 Å². The molecule has 3 rings (SSSR count). The summed E-state index contributed by atoms with van der Waals surface area (Å²) in [5, 5.41) is 19.9. The van der Waals surface area contributed by atoms with E-state index in [1.165, 1.54) is 92.9 Å². The molecule has 1 aliphatic heterocycles. The van der Waals surface area contributed by atoms with Crippen LogP contribution < -0.4 is 5.56 Å². The van der Waals surface area contributed by atoms with Crippen LogP contribution in [0.4, 0.5) is 0 Å². The third-order valence-electron chi connectivity index (χ3n) is 7.30. The molecule has 2 aromatic heterocycles. The van der Waals surface area contributed by atoms with Crippen LogP contribution in [0, 0.1) is 0 Å². The highest BCUT2D eigenvalue weighted by Gasteiger charge is 2.44. The third-order valence-corrected chi connectivity index (χ3v) is 7.72. The Morgan fingerprint density at radius 2 is 1.50 bits per heavy atom. The second kappa shape index (κ2) is 16.5. The zero-order valence-corrected chi connectivity index (χ0v) is 25.0. The number of unbranched alkanes of at least 4 members (excludes halogenated alkanes) is 4. The Hall–Kier alpha value is -1.94. The number of nitrogens with one attached hydrogen (secondary N) is 1. The Bertz CT molecular complexity index is 1130. The van der Waals surface area contributed by atoms with E-state index in [9.17, 15) is 28.0 Å². The second-order valence-corrected chi connectivity index (χ2v) is 11.5. The van der Waals surface area contributed by atoms with Gasteiger partial charge in [0.1, 0.15) is 18.3 Å². The van der Waals surface area contributed by atoms with Crippen molar-refractivity contribution < 1.29 is 36.6 Å². The Morgan fingerprint density at radius 3 is 1.98 bits per heavy atom. The first kappa shape index (κ1) is 34.3. The standard InChI is InChI=1S/C16H36N.C10H12N4O8S/c1-5-9-13-17(14-10-6-2,15-11-7-3)16-12-8-4;15-6-4(1-21-23(18,19)20)22-10(7(6)16)14-3-13-5-8(14)11-2-12-9(5)17/h5-16H2,1-4H3;2-4,6-7,10,15-16H,1H2,(H,11,12,17)(H,18,19,20)/q+1;/p-1/t;4-,6-,7-,10-/m.1/s1. The van der Waals surface area contributed by atoms with Crippen LogP contribution >= 0.6 is 0 Å². The van der Waals surface area contributed by atoms with Crippen molar-refractivity contribution in [2.75, 3.05) is 32.8 Å². The van der Waals surface area contributed by atoms with Gasteiger partial charge in [0.25, 0.3) is 5.56 Å². The van der Waals surface area contributed by atoms with E-state index in [2.05, 4.69) is 46.8 Å². The number of ether oxygens (including phenoxy) is 1. The molecule has 1 fully saturated rings. The van der Waals surface area contributed by atoms with Gasteiger partial charge in [0, 0.05) is 0 Å². The van der Waals surface area contributed by atoms with Gasteiger partial charge in [0.2, 0.25) is 10.4 Å². The van der Waals surface area contributed by atoms with E-state index in [4.69, 9.17) is 4.74 Å². The minimum Gasteiger partial charge on any atom is -0.726 e. The van der Waals surface area contributed by atoms with Gasteiger partial charge in [-0.3, -0.25) is 13.5 Å². The highest BCUT2D eigenvalue weighted by Crippen LogP contribution is 2.31. The monoisotopic (exact) mass is 589 g/mol. The molecule has 0 saturated carbocycles. The number of hydrogen-bond acceptors (Lipinski definition) is 10. The summed E-state index contributed by atoms with van der Waals surface area (Å²) in [6.07, 6.45) is 7.93. The maximum Gasteiger partial charge on any atom is 0.278 e. The highest BCUT2D eigenvalue weighted by atomic mass is 32.3. The minimum atomic E-state index is -4.96. The van der Waals surface area contributed by atoms with E-state index in [1.807, 2.05) is 0 Å². The molecule has 3 heterocycles. The third kappa shape index (κ3) is 9.86. The predicted octanol–water partition coefficient (Wildman–Crippen LogP) is 2.22. The molecule has 230 valence electrons. The molecule has 0 amide bonds. The molecule has 13 nitrogen and oxygen atoms in total. The summed E-state index contributed by atoms with van der Waals surface area (Å²) in [7, 11) is -4.96. The fraction of sp³-hybridized carbons (Fsp3) is 0.808. The maximum atomic E-state index is 11.6. The number of rotatable bonds is 16. The molecule has 4 atom stereocenters. The fourth-order valence-corrected chi connectivity index (χ4v) is 5.24. The molecule has 3 N–H and O–H groups in total. The number of aromatic amines is 1. The Balaban J connectivity index is 0.000000296. The van der Waals surface area contributed by atoms with Crippen LogP contribution in [0.1, 0.15) is 85.3 Å². The quantitative estimate of drug-likeness (QED) is 0.149. The molecule has 0 bridgehead atoms. The van der Waals surface area contributed by atoms with Crippen molar-refractivity contribution in [2.24, 2.45) is 0 Å². The van der Waals surface area contributed by atoms with Gasteiger partial charge in [-0.25, -0.2) is 18.4 Å². The summed E-state index contributed by atoms with van der Waals surface area (Å²) in [6.45, 7) is 14.3. The highest BCUT2D eigenvalue weighted by molar-refractivity contribution is 7.80. The van der Waals surface area contributed by atoms with Crippen molar-refractivity contribution in [3.05, 3.63) is 23.0 Å². The van der Waals surface area contributed by atoms with E-state index in [0.717, 1.165) is 6.33 Å². The Kier molecular flexibility index (Phi) is 14.1. The Labute approximate surface area is 237 Å². The summed E-state index contributed by atoms with van der Waals surface area (Å²) < 4.78 is 43.4. The van der Waals surface area contributed by atoms with Crippen LogP contribution in [0.15, 0.2) is 17.4 Å². The van der Waals surface area contributed by atoms with Crippen LogP contribution in [0.2, 0.25) is 0 Å². The van der Waals surface area contributed by atoms with Gasteiger partial charge < -0.3 is 29.0 Å². The van der Waals surface area contributed by atoms with Gasteiger partial charge in [-0.15, -0.1) is 0 Å². The van der Waals surface area contributed by atoms with Crippen molar-refractivity contribution in [1.29, 1.82) is 0 Å². The number of imidazole rings is 1. The van der Waals surface area contributed by atoms with E-state index in [0.29, 0.717) is 0 Å². The molecule has 0 spiro atoms. The first-order chi connectivity index (χ1) is 19.0. The molecule has 0 unspecified atom stereocenters. The molecule has 2 aromatic rings. The number of fused-ring (bicyclic) bond motifs is 1. The smallest absolute Gasteiger partial charge is 0.278 e. The van der Waals surface area contributed by atoms with Crippen molar-refractivity contribution in [3.63, 3.8) is 0 Å². The van der Waals surface area contributed by atoms with Gasteiger partial charge in [-0.05, 0) is 25.7 Å². The second-order valence-electron chi connectivity index (χ2n) is 10.4. The molecule has 0 aromatic carbocycles. The number of nitrogens with zero attached hydrogens (tertiary/aromatic N) is 4. The molecule has 40 heavy (non-hydrogen) atoms. The summed E-state index contributed by atoms with van der Waals surface area (Å²) >= 11 is 0. The summed E-state index contributed by atoms with van der Waals surface area (Å²) in [6, 6.07) is 0. The maximum absolute atomic E-state index is 11.6.